The van der Waals surface area contributed by atoms with Gasteiger partial charge in [0.15, 0.2) is 8.32 Å². The Bertz CT molecular complexity index is 738. The fourth-order valence-electron chi connectivity index (χ4n) is 6.89. The summed E-state index contributed by atoms with van der Waals surface area (Å²) >= 11 is 0. The van der Waals surface area contributed by atoms with Crippen LogP contribution in [0.1, 0.15) is 124 Å². The van der Waals surface area contributed by atoms with Gasteiger partial charge in [-0.15, -0.1) is 0 Å². The summed E-state index contributed by atoms with van der Waals surface area (Å²) in [4.78, 5) is 3.06. The SMILES string of the molecule is CCCCC[C@H]1CCC[C@]2(CCC[C@H](O[Si](C)(C)C(C)(C)C)[C@H]2CCCC)N1Cc1ccccc1. The van der Waals surface area contributed by atoms with E-state index in [4.69, 9.17) is 4.43 Å². The number of nitrogens with zero attached hydrogens (tertiary/aromatic N) is 1. The van der Waals surface area contributed by atoms with E-state index in [9.17, 15) is 0 Å². The van der Waals surface area contributed by atoms with Crippen LogP contribution in [0.3, 0.4) is 0 Å². The summed E-state index contributed by atoms with van der Waals surface area (Å²) in [6.45, 7) is 18.0. The smallest absolute Gasteiger partial charge is 0.192 e. The van der Waals surface area contributed by atoms with Crippen molar-refractivity contribution in [2.75, 3.05) is 0 Å². The van der Waals surface area contributed by atoms with Crippen LogP contribution in [0.4, 0.5) is 0 Å². The van der Waals surface area contributed by atoms with Gasteiger partial charge in [0.25, 0.3) is 0 Å². The van der Waals surface area contributed by atoms with Gasteiger partial charge < -0.3 is 4.43 Å². The van der Waals surface area contributed by atoms with Gasteiger partial charge in [-0.25, -0.2) is 0 Å². The lowest BCUT2D eigenvalue weighted by Gasteiger charge is -2.60. The van der Waals surface area contributed by atoms with Crippen molar-refractivity contribution in [3.63, 3.8) is 0 Å². The van der Waals surface area contributed by atoms with Crippen molar-refractivity contribution in [3.8, 4) is 0 Å². The van der Waals surface area contributed by atoms with E-state index in [1.807, 2.05) is 0 Å². The van der Waals surface area contributed by atoms with Crippen molar-refractivity contribution >= 4 is 8.32 Å². The number of hydrogen-bond donors (Lipinski definition) is 0. The summed E-state index contributed by atoms with van der Waals surface area (Å²) in [5, 5.41) is 0.270. The van der Waals surface area contributed by atoms with Gasteiger partial charge in [-0.1, -0.05) is 103 Å². The molecule has 0 aromatic heterocycles. The number of unbranched alkanes of at least 4 members (excludes halogenated alkanes) is 3. The maximum Gasteiger partial charge on any atom is 0.192 e. The van der Waals surface area contributed by atoms with Crippen LogP contribution in [-0.2, 0) is 11.0 Å². The standard InChI is InChI=1S/C32H57NOSi/c1-8-10-13-20-28-21-16-24-32(33(28)26-27-18-14-12-15-19-27)25-17-23-30(29(32)22-11-9-2)34-35(6,7)31(3,4)5/h12,14-15,18-19,28-30H,8-11,13,16-17,20-26H2,1-7H3/t28-,29+,30-,32+/m0/s1. The highest BCUT2D eigenvalue weighted by molar-refractivity contribution is 6.74. The fourth-order valence-corrected chi connectivity index (χ4v) is 8.28. The third-order valence-corrected chi connectivity index (χ3v) is 14.4. The lowest BCUT2D eigenvalue weighted by molar-refractivity contribution is -0.113. The molecule has 1 aliphatic carbocycles. The highest BCUT2D eigenvalue weighted by Gasteiger charge is 2.53. The van der Waals surface area contributed by atoms with Gasteiger partial charge in [0, 0.05) is 30.1 Å². The summed E-state index contributed by atoms with van der Waals surface area (Å²) in [5.41, 5.74) is 1.81. The van der Waals surface area contributed by atoms with E-state index in [2.05, 4.69) is 82.9 Å². The van der Waals surface area contributed by atoms with Crippen molar-refractivity contribution in [1.82, 2.24) is 4.90 Å². The minimum atomic E-state index is -1.81. The molecule has 0 unspecified atom stereocenters. The topological polar surface area (TPSA) is 12.5 Å². The molecular formula is C32H57NOSi. The lowest BCUT2D eigenvalue weighted by Crippen LogP contribution is -2.65. The van der Waals surface area contributed by atoms with Crippen LogP contribution in [-0.4, -0.2) is 30.9 Å². The first-order valence-electron chi connectivity index (χ1n) is 15.1. The first-order valence-corrected chi connectivity index (χ1v) is 18.0. The predicted molar refractivity (Wildman–Crippen MR) is 155 cm³/mol. The van der Waals surface area contributed by atoms with E-state index < -0.39 is 8.32 Å². The van der Waals surface area contributed by atoms with Gasteiger partial charge in [-0.3, -0.25) is 4.90 Å². The van der Waals surface area contributed by atoms with Crippen LogP contribution in [0, 0.1) is 5.92 Å². The maximum atomic E-state index is 7.32. The molecule has 1 heterocycles. The number of hydrogen-bond acceptors (Lipinski definition) is 2. The monoisotopic (exact) mass is 499 g/mol. The molecule has 200 valence electrons. The highest BCUT2D eigenvalue weighted by atomic mass is 28.4. The summed E-state index contributed by atoms with van der Waals surface area (Å²) in [7, 11) is -1.81. The third kappa shape index (κ3) is 7.02. The Morgan fingerprint density at radius 1 is 0.914 bits per heavy atom. The molecule has 2 aliphatic rings. The molecule has 3 rings (SSSR count). The van der Waals surface area contributed by atoms with E-state index in [0.717, 1.165) is 12.6 Å². The molecule has 1 spiro atoms. The zero-order chi connectivity index (χ0) is 25.5. The van der Waals surface area contributed by atoms with Gasteiger partial charge in [0.1, 0.15) is 0 Å². The van der Waals surface area contributed by atoms with Crippen LogP contribution < -0.4 is 0 Å². The Balaban J connectivity index is 1.98. The second kappa shape index (κ2) is 12.7. The van der Waals surface area contributed by atoms with Crippen molar-refractivity contribution in [1.29, 1.82) is 0 Å². The molecule has 3 heteroatoms. The average molecular weight is 500 g/mol. The number of benzene rings is 1. The van der Waals surface area contributed by atoms with Crippen molar-refractivity contribution in [3.05, 3.63) is 35.9 Å². The summed E-state index contributed by atoms with van der Waals surface area (Å²) in [5.74, 6) is 0.669. The van der Waals surface area contributed by atoms with Crippen LogP contribution in [0.25, 0.3) is 0 Å². The molecule has 0 bridgehead atoms. The molecule has 35 heavy (non-hydrogen) atoms. The predicted octanol–water partition coefficient (Wildman–Crippen LogP) is 9.74. The Labute approximate surface area is 219 Å². The van der Waals surface area contributed by atoms with Gasteiger partial charge >= 0.3 is 0 Å². The normalized spacial score (nSPS) is 28.5. The van der Waals surface area contributed by atoms with E-state index in [1.165, 1.54) is 89.0 Å². The van der Waals surface area contributed by atoms with Crippen molar-refractivity contribution in [2.24, 2.45) is 5.92 Å². The Morgan fingerprint density at radius 2 is 1.57 bits per heavy atom. The van der Waals surface area contributed by atoms with Gasteiger partial charge in [-0.05, 0) is 68.6 Å². The number of piperidine rings is 1. The molecule has 2 fully saturated rings. The van der Waals surface area contributed by atoms with E-state index in [1.54, 1.807) is 0 Å². The molecule has 1 saturated carbocycles. The molecule has 1 aliphatic heterocycles. The van der Waals surface area contributed by atoms with Crippen LogP contribution in [0.5, 0.6) is 0 Å². The Morgan fingerprint density at radius 3 is 2.20 bits per heavy atom. The lowest BCUT2D eigenvalue weighted by atomic mass is 9.63. The average Bonchev–Trinajstić information content (AvgIpc) is 2.81. The second-order valence-electron chi connectivity index (χ2n) is 13.3. The molecule has 1 saturated heterocycles. The van der Waals surface area contributed by atoms with Crippen LogP contribution >= 0.6 is 0 Å². The van der Waals surface area contributed by atoms with E-state index >= 15 is 0 Å². The molecular weight excluding hydrogens is 442 g/mol. The molecule has 0 N–H and O–H groups in total. The van der Waals surface area contributed by atoms with Gasteiger partial charge in [-0.2, -0.15) is 0 Å². The fraction of sp³-hybridized carbons (Fsp3) is 0.812. The molecule has 0 amide bonds. The number of likely N-dealkylation sites (tertiary alicyclic amines) is 1. The first kappa shape index (κ1) is 28.9. The maximum absolute atomic E-state index is 7.32. The highest BCUT2D eigenvalue weighted by Crippen LogP contribution is 2.52. The molecule has 4 atom stereocenters. The zero-order valence-electron chi connectivity index (χ0n) is 24.4. The molecule has 0 radical (unpaired) electrons. The Hall–Kier alpha value is -0.643. The minimum absolute atomic E-state index is 0.270. The molecule has 1 aromatic rings. The zero-order valence-corrected chi connectivity index (χ0v) is 25.4. The Kier molecular flexibility index (Phi) is 10.5. The third-order valence-electron chi connectivity index (χ3n) is 9.85. The largest absolute Gasteiger partial charge is 0.414 e. The van der Waals surface area contributed by atoms with Gasteiger partial charge in [0.2, 0.25) is 0 Å². The van der Waals surface area contributed by atoms with Crippen molar-refractivity contribution < 1.29 is 4.43 Å². The van der Waals surface area contributed by atoms with Crippen LogP contribution in [0.2, 0.25) is 18.1 Å². The van der Waals surface area contributed by atoms with E-state index in [-0.39, 0.29) is 5.04 Å². The number of rotatable bonds is 11. The first-order chi connectivity index (χ1) is 16.6. The second-order valence-corrected chi connectivity index (χ2v) is 18.1. The quantitative estimate of drug-likeness (QED) is 0.222. The minimum Gasteiger partial charge on any atom is -0.414 e. The summed E-state index contributed by atoms with van der Waals surface area (Å²) < 4.78 is 7.32. The summed E-state index contributed by atoms with van der Waals surface area (Å²) in [6.07, 6.45) is 18.0. The van der Waals surface area contributed by atoms with E-state index in [0.29, 0.717) is 17.6 Å². The summed E-state index contributed by atoms with van der Waals surface area (Å²) in [6, 6.07) is 12.1. The van der Waals surface area contributed by atoms with Crippen LogP contribution in [0.15, 0.2) is 30.3 Å². The molecule has 1 aromatic carbocycles. The van der Waals surface area contributed by atoms with Crippen molar-refractivity contribution in [2.45, 2.75) is 160 Å². The molecule has 2 nitrogen and oxygen atoms in total. The van der Waals surface area contributed by atoms with Gasteiger partial charge in [0.05, 0.1) is 0 Å².